The van der Waals surface area contributed by atoms with E-state index in [0.717, 1.165) is 28.4 Å². The minimum Gasteiger partial charge on any atom is -0.311 e. The molecule has 0 bridgehead atoms. The number of hydrogen-bond donors (Lipinski definition) is 0. The van der Waals surface area contributed by atoms with Crippen molar-refractivity contribution < 1.29 is 0 Å². The lowest BCUT2D eigenvalue weighted by Crippen LogP contribution is -1.99. The van der Waals surface area contributed by atoms with E-state index < -0.39 is 0 Å². The summed E-state index contributed by atoms with van der Waals surface area (Å²) in [5.74, 6) is 0. The van der Waals surface area contributed by atoms with Crippen LogP contribution in [0, 0.1) is 0 Å². The molecule has 0 radical (unpaired) electrons. The van der Waals surface area contributed by atoms with Crippen LogP contribution < -0.4 is 0 Å². The van der Waals surface area contributed by atoms with Gasteiger partial charge in [0.05, 0.1) is 12.9 Å². The molecular weight excluding hydrogens is 282 g/mol. The number of aromatic nitrogens is 5. The minimum atomic E-state index is 0.742. The molecule has 0 atom stereocenters. The van der Waals surface area contributed by atoms with Crippen LogP contribution in [0.1, 0.15) is 5.56 Å². The van der Waals surface area contributed by atoms with E-state index in [4.69, 9.17) is 0 Å². The second-order valence-corrected chi connectivity index (χ2v) is 5.48. The number of fused-ring (bicyclic) bond motifs is 1. The van der Waals surface area contributed by atoms with E-state index in [-0.39, 0.29) is 0 Å². The molecule has 1 aromatic carbocycles. The topological polar surface area (TPSA) is 56.5 Å². The zero-order chi connectivity index (χ0) is 14.1. The first-order chi connectivity index (χ1) is 10.4. The Hall–Kier alpha value is -2.60. The third-order valence-corrected chi connectivity index (χ3v) is 4.01. The van der Waals surface area contributed by atoms with Crippen LogP contribution in [-0.4, -0.2) is 24.5 Å². The molecule has 21 heavy (non-hydrogen) atoms. The summed E-state index contributed by atoms with van der Waals surface area (Å²) in [6.07, 6.45) is 5.15. The van der Waals surface area contributed by atoms with E-state index in [9.17, 15) is 0 Å². The smallest absolute Gasteiger partial charge is 0.164 e. The molecule has 4 rings (SSSR count). The van der Waals surface area contributed by atoms with Crippen LogP contribution in [0.15, 0.2) is 54.6 Å². The molecule has 0 fully saturated rings. The molecule has 5 nitrogen and oxygen atoms in total. The summed E-state index contributed by atoms with van der Waals surface area (Å²) in [5.41, 5.74) is 3.63. The summed E-state index contributed by atoms with van der Waals surface area (Å²) in [6, 6.07) is 10.3. The van der Waals surface area contributed by atoms with Gasteiger partial charge in [0.2, 0.25) is 0 Å². The predicted octanol–water partition coefficient (Wildman–Crippen LogP) is 3.00. The highest BCUT2D eigenvalue weighted by atomic mass is 32.1. The molecule has 0 spiro atoms. The molecule has 0 N–H and O–H groups in total. The number of imidazole rings is 1. The summed E-state index contributed by atoms with van der Waals surface area (Å²) in [4.78, 5) is 17.5. The molecule has 4 aromatic rings. The molecule has 0 saturated heterocycles. The average molecular weight is 293 g/mol. The maximum atomic E-state index is 4.48. The Balaban J connectivity index is 1.81. The first kappa shape index (κ1) is 12.2. The molecule has 3 aromatic heterocycles. The van der Waals surface area contributed by atoms with Gasteiger partial charge >= 0.3 is 0 Å². The Morgan fingerprint density at radius 3 is 2.71 bits per heavy atom. The van der Waals surface area contributed by atoms with Crippen LogP contribution in [0.5, 0.6) is 0 Å². The van der Waals surface area contributed by atoms with Crippen molar-refractivity contribution in [2.45, 2.75) is 6.54 Å². The average Bonchev–Trinajstić information content (AvgIpc) is 3.18. The van der Waals surface area contributed by atoms with E-state index in [1.165, 1.54) is 5.56 Å². The van der Waals surface area contributed by atoms with Gasteiger partial charge in [-0.15, -0.1) is 11.3 Å². The number of rotatable bonds is 3. The Morgan fingerprint density at radius 2 is 1.90 bits per heavy atom. The monoisotopic (exact) mass is 293 g/mol. The molecule has 0 saturated carbocycles. The molecule has 0 amide bonds. The van der Waals surface area contributed by atoms with E-state index in [0.29, 0.717) is 0 Å². The fourth-order valence-corrected chi connectivity index (χ4v) is 2.91. The van der Waals surface area contributed by atoms with E-state index in [1.54, 1.807) is 23.9 Å². The summed E-state index contributed by atoms with van der Waals surface area (Å²) < 4.78 is 2.03. The van der Waals surface area contributed by atoms with Gasteiger partial charge in [-0.25, -0.2) is 19.9 Å². The molecule has 3 heterocycles. The van der Waals surface area contributed by atoms with Crippen LogP contribution >= 0.6 is 11.3 Å². The summed E-state index contributed by atoms with van der Waals surface area (Å²) in [5, 5.41) is 2.80. The lowest BCUT2D eigenvalue weighted by Gasteiger charge is -2.03. The van der Waals surface area contributed by atoms with Crippen LogP contribution in [0.3, 0.4) is 0 Å². The largest absolute Gasteiger partial charge is 0.311 e. The Kier molecular flexibility index (Phi) is 2.93. The maximum absolute atomic E-state index is 4.48. The van der Waals surface area contributed by atoms with Gasteiger partial charge in [-0.3, -0.25) is 0 Å². The summed E-state index contributed by atoms with van der Waals surface area (Å²) in [6.45, 7) is 0.742. The Bertz CT molecular complexity index is 868. The SMILES string of the molecule is c1ccc(Cn2cnc3c(-c4nccs4)ncnc32)cc1. The second kappa shape index (κ2) is 5.06. The predicted molar refractivity (Wildman–Crippen MR) is 82.0 cm³/mol. The highest BCUT2D eigenvalue weighted by molar-refractivity contribution is 7.13. The second-order valence-electron chi connectivity index (χ2n) is 4.59. The standard InChI is InChI=1S/C15H11N5S/c1-2-4-11(5-3-1)8-20-10-19-12-13(15-16-6-7-21-15)17-9-18-14(12)20/h1-7,9-10H,8H2. The van der Waals surface area contributed by atoms with Gasteiger partial charge in [-0.2, -0.15) is 0 Å². The van der Waals surface area contributed by atoms with Crippen molar-refractivity contribution in [3.05, 3.63) is 60.1 Å². The van der Waals surface area contributed by atoms with Crippen molar-refractivity contribution in [1.29, 1.82) is 0 Å². The van der Waals surface area contributed by atoms with E-state index >= 15 is 0 Å². The lowest BCUT2D eigenvalue weighted by molar-refractivity contribution is 0.813. The molecule has 0 aliphatic rings. The van der Waals surface area contributed by atoms with Crippen molar-refractivity contribution in [2.75, 3.05) is 0 Å². The van der Waals surface area contributed by atoms with Gasteiger partial charge in [0, 0.05) is 11.6 Å². The first-order valence-corrected chi connectivity index (χ1v) is 7.39. The normalized spacial score (nSPS) is 11.0. The third-order valence-electron chi connectivity index (χ3n) is 3.23. The maximum Gasteiger partial charge on any atom is 0.164 e. The zero-order valence-corrected chi connectivity index (χ0v) is 11.9. The highest BCUT2D eigenvalue weighted by Crippen LogP contribution is 2.25. The lowest BCUT2D eigenvalue weighted by atomic mass is 10.2. The Labute approximate surface area is 125 Å². The fraction of sp³-hybridized carbons (Fsp3) is 0.0667. The Morgan fingerprint density at radius 1 is 1.00 bits per heavy atom. The van der Waals surface area contributed by atoms with Crippen LogP contribution in [0.4, 0.5) is 0 Å². The summed E-state index contributed by atoms with van der Waals surface area (Å²) in [7, 11) is 0. The molecule has 0 aliphatic heterocycles. The van der Waals surface area contributed by atoms with E-state index in [1.807, 2.05) is 34.5 Å². The molecule has 102 valence electrons. The number of nitrogens with zero attached hydrogens (tertiary/aromatic N) is 5. The molecular formula is C15H11N5S. The van der Waals surface area contributed by atoms with Gasteiger partial charge in [0.25, 0.3) is 0 Å². The van der Waals surface area contributed by atoms with Crippen molar-refractivity contribution in [3.8, 4) is 10.7 Å². The van der Waals surface area contributed by atoms with Crippen molar-refractivity contribution in [1.82, 2.24) is 24.5 Å². The van der Waals surface area contributed by atoms with Gasteiger partial charge < -0.3 is 4.57 Å². The van der Waals surface area contributed by atoms with Crippen molar-refractivity contribution >= 4 is 22.5 Å². The van der Waals surface area contributed by atoms with Crippen molar-refractivity contribution in [3.63, 3.8) is 0 Å². The first-order valence-electron chi connectivity index (χ1n) is 6.51. The van der Waals surface area contributed by atoms with Crippen LogP contribution in [-0.2, 0) is 6.54 Å². The van der Waals surface area contributed by atoms with Gasteiger partial charge in [0.1, 0.15) is 22.5 Å². The summed E-state index contributed by atoms with van der Waals surface area (Å²) >= 11 is 1.55. The van der Waals surface area contributed by atoms with Gasteiger partial charge in [-0.1, -0.05) is 30.3 Å². The van der Waals surface area contributed by atoms with E-state index in [2.05, 4.69) is 32.1 Å². The number of hydrogen-bond acceptors (Lipinski definition) is 5. The molecule has 0 unspecified atom stereocenters. The van der Waals surface area contributed by atoms with Gasteiger partial charge in [-0.05, 0) is 5.56 Å². The quantitative estimate of drug-likeness (QED) is 0.582. The van der Waals surface area contributed by atoms with Crippen molar-refractivity contribution in [2.24, 2.45) is 0 Å². The zero-order valence-electron chi connectivity index (χ0n) is 11.0. The fourth-order valence-electron chi connectivity index (χ4n) is 2.27. The molecule has 6 heteroatoms. The highest BCUT2D eigenvalue weighted by Gasteiger charge is 2.13. The third kappa shape index (κ3) is 2.19. The number of thiazole rings is 1. The van der Waals surface area contributed by atoms with Gasteiger partial charge in [0.15, 0.2) is 5.65 Å². The van der Waals surface area contributed by atoms with Crippen LogP contribution in [0.2, 0.25) is 0 Å². The van der Waals surface area contributed by atoms with Crippen LogP contribution in [0.25, 0.3) is 21.9 Å². The molecule has 0 aliphatic carbocycles. The minimum absolute atomic E-state index is 0.742. The number of benzene rings is 1.